The molecule has 2 aliphatic rings. The summed E-state index contributed by atoms with van der Waals surface area (Å²) in [6.45, 7) is 2.60. The van der Waals surface area contributed by atoms with Crippen LogP contribution in [0.2, 0.25) is 5.15 Å². The third-order valence-electron chi connectivity index (χ3n) is 4.16. The summed E-state index contributed by atoms with van der Waals surface area (Å²) in [4.78, 5) is 7.42. The van der Waals surface area contributed by atoms with E-state index in [0.717, 1.165) is 0 Å². The van der Waals surface area contributed by atoms with Crippen molar-refractivity contribution in [3.8, 4) is 0 Å². The second-order valence-electron chi connectivity index (χ2n) is 6.58. The van der Waals surface area contributed by atoms with Crippen molar-refractivity contribution in [1.29, 1.82) is 0 Å². The molecule has 1 saturated heterocycles. The van der Waals surface area contributed by atoms with Crippen molar-refractivity contribution >= 4 is 27.5 Å². The standard InChI is InChI=1S/C14H15ClF3N3O5S.2Rh/c1-13(2)25-11-7(5-24-27(22,23)14(16,17)18)3-8(12(11)26-13)21-10-4-9(15)19-6-20-10;;/h7-8,11-12H,3,5H2,1-2H3,(H,19,20,21);;/q-2;;/t7-,8-,11-,12+;;/m1../s1. The SMILES string of the molecule is CC1(C)O[C@@H]2[C@@H](COS(=O)(=O)C(F)(F)F)C[C@@H](Nc3[c-]c(Cl)n[c-]n3)[C@@H]2O1.[Rh].[Rh]. The topological polar surface area (TPSA) is 99.6 Å². The van der Waals surface area contributed by atoms with Gasteiger partial charge in [-0.25, -0.2) is 0 Å². The summed E-state index contributed by atoms with van der Waals surface area (Å²) in [5.74, 6) is -1.43. The van der Waals surface area contributed by atoms with Crippen LogP contribution in [0.5, 0.6) is 0 Å². The fourth-order valence-corrected chi connectivity index (χ4v) is 3.77. The maximum absolute atomic E-state index is 12.5. The number of ether oxygens (including phenoxy) is 2. The monoisotopic (exact) mass is 635 g/mol. The van der Waals surface area contributed by atoms with Crippen LogP contribution in [0.15, 0.2) is 0 Å². The Kier molecular flexibility index (Phi) is 9.03. The fraction of sp³-hybridized carbons (Fsp3) is 0.714. The molecule has 0 unspecified atom stereocenters. The molecule has 8 nitrogen and oxygen atoms in total. The van der Waals surface area contributed by atoms with E-state index in [2.05, 4.69) is 31.9 Å². The summed E-state index contributed by atoms with van der Waals surface area (Å²) in [6.07, 6.45) is 1.31. The van der Waals surface area contributed by atoms with E-state index >= 15 is 0 Å². The average molecular weight is 636 g/mol. The molecule has 2 fully saturated rings. The van der Waals surface area contributed by atoms with E-state index in [-0.39, 0.29) is 56.3 Å². The van der Waals surface area contributed by atoms with Gasteiger partial charge >= 0.3 is 15.6 Å². The van der Waals surface area contributed by atoms with E-state index in [0.29, 0.717) is 0 Å². The Morgan fingerprint density at radius 2 is 1.90 bits per heavy atom. The molecule has 29 heavy (non-hydrogen) atoms. The third-order valence-corrected chi connectivity index (χ3v) is 5.35. The van der Waals surface area contributed by atoms with Crippen LogP contribution in [0.1, 0.15) is 20.3 Å². The van der Waals surface area contributed by atoms with E-state index in [1.54, 1.807) is 13.8 Å². The molecule has 1 aromatic heterocycles. The summed E-state index contributed by atoms with van der Waals surface area (Å²) < 4.78 is 75.5. The van der Waals surface area contributed by atoms with Crippen molar-refractivity contribution in [2.45, 2.75) is 49.8 Å². The minimum atomic E-state index is -5.69. The minimum absolute atomic E-state index is 0. The molecule has 0 bridgehead atoms. The Hall–Kier alpha value is 0.0368. The number of hydrogen-bond donors (Lipinski definition) is 1. The molecule has 4 atom stereocenters. The van der Waals surface area contributed by atoms with E-state index in [1.807, 2.05) is 0 Å². The van der Waals surface area contributed by atoms with Gasteiger partial charge < -0.3 is 30.8 Å². The summed E-state index contributed by atoms with van der Waals surface area (Å²) >= 11 is 5.73. The van der Waals surface area contributed by atoms with Gasteiger partial charge in [0.1, 0.15) is 6.10 Å². The maximum Gasteiger partial charge on any atom is 0.523 e. The molecule has 1 saturated carbocycles. The number of aromatic nitrogens is 2. The van der Waals surface area contributed by atoms with Crippen LogP contribution in [-0.2, 0) is 62.7 Å². The van der Waals surface area contributed by atoms with Gasteiger partial charge in [-0.2, -0.15) is 44.2 Å². The largest absolute Gasteiger partial charge is 0.533 e. The molecule has 2 heterocycles. The number of halogens is 4. The number of fused-ring (bicyclic) bond motifs is 1. The van der Waals surface area contributed by atoms with Crippen LogP contribution in [0.25, 0.3) is 0 Å². The zero-order valence-corrected chi connectivity index (χ0v) is 19.6. The fourth-order valence-electron chi connectivity index (χ4n) is 3.15. The van der Waals surface area contributed by atoms with Crippen LogP contribution < -0.4 is 5.32 Å². The zero-order valence-electron chi connectivity index (χ0n) is 14.7. The molecule has 1 aromatic rings. The van der Waals surface area contributed by atoms with E-state index in [9.17, 15) is 21.6 Å². The summed E-state index contributed by atoms with van der Waals surface area (Å²) in [6, 6.07) is 2.20. The van der Waals surface area contributed by atoms with Gasteiger partial charge in [0.05, 0.1) is 12.7 Å². The molecule has 15 heteroatoms. The number of anilines is 1. The quantitative estimate of drug-likeness (QED) is 0.172. The Morgan fingerprint density at radius 3 is 2.48 bits per heavy atom. The van der Waals surface area contributed by atoms with Crippen molar-refractivity contribution in [3.05, 3.63) is 17.5 Å². The molecule has 1 aliphatic carbocycles. The van der Waals surface area contributed by atoms with Gasteiger partial charge in [-0.05, 0) is 20.3 Å². The Labute approximate surface area is 196 Å². The van der Waals surface area contributed by atoms with E-state index in [4.69, 9.17) is 21.1 Å². The number of alkyl halides is 3. The van der Waals surface area contributed by atoms with Gasteiger partial charge in [0.15, 0.2) is 5.79 Å². The Balaban J connectivity index is 0.00000210. The molecule has 2 radical (unpaired) electrons. The number of hydrogen-bond acceptors (Lipinski definition) is 8. The van der Waals surface area contributed by atoms with Crippen molar-refractivity contribution < 1.29 is 74.2 Å². The van der Waals surface area contributed by atoms with E-state index < -0.39 is 52.2 Å². The van der Waals surface area contributed by atoms with Gasteiger partial charge in [-0.1, -0.05) is 0 Å². The maximum atomic E-state index is 12.5. The summed E-state index contributed by atoms with van der Waals surface area (Å²) in [5.41, 5.74) is -5.49. The molecular formula is C14H15ClF3N3O5Rh2S-2. The van der Waals surface area contributed by atoms with Gasteiger partial charge in [0, 0.05) is 57.2 Å². The van der Waals surface area contributed by atoms with Crippen LogP contribution in [0.4, 0.5) is 19.0 Å². The van der Waals surface area contributed by atoms with Crippen LogP contribution in [0.3, 0.4) is 0 Å². The third kappa shape index (κ3) is 6.27. The number of nitrogens with one attached hydrogen (secondary N) is 1. The predicted octanol–water partition coefficient (Wildman–Crippen LogP) is 1.91. The van der Waals surface area contributed by atoms with Crippen molar-refractivity contribution in [2.24, 2.45) is 5.92 Å². The predicted molar refractivity (Wildman–Crippen MR) is 85.0 cm³/mol. The summed E-state index contributed by atoms with van der Waals surface area (Å²) in [5, 5.41) is 3.02. The first-order chi connectivity index (χ1) is 12.4. The molecule has 0 aromatic carbocycles. The zero-order chi connectivity index (χ0) is 20.0. The molecule has 0 spiro atoms. The van der Waals surface area contributed by atoms with Crippen molar-refractivity contribution in [3.63, 3.8) is 0 Å². The molecule has 1 N–H and O–H groups in total. The molecule has 170 valence electrons. The smallest absolute Gasteiger partial charge is 0.523 e. The van der Waals surface area contributed by atoms with Crippen LogP contribution >= 0.6 is 11.6 Å². The first-order valence-corrected chi connectivity index (χ1v) is 9.57. The first-order valence-electron chi connectivity index (χ1n) is 7.79. The second-order valence-corrected chi connectivity index (χ2v) is 8.55. The number of rotatable bonds is 5. The van der Waals surface area contributed by atoms with Gasteiger partial charge in [-0.3, -0.25) is 4.18 Å². The number of nitrogens with zero attached hydrogens (tertiary/aromatic N) is 2. The molecule has 3 rings (SSSR count). The molecular weight excluding hydrogens is 620 g/mol. The molecule has 1 aliphatic heterocycles. The van der Waals surface area contributed by atoms with Crippen molar-refractivity contribution in [1.82, 2.24) is 9.97 Å². The Morgan fingerprint density at radius 1 is 1.28 bits per heavy atom. The van der Waals surface area contributed by atoms with Gasteiger partial charge in [-0.15, -0.1) is 0 Å². The molecule has 0 amide bonds. The first kappa shape index (κ1) is 27.1. The Bertz CT molecular complexity index is 818. The van der Waals surface area contributed by atoms with Crippen LogP contribution in [-0.4, -0.2) is 54.5 Å². The van der Waals surface area contributed by atoms with Gasteiger partial charge in [0.25, 0.3) is 0 Å². The summed E-state index contributed by atoms with van der Waals surface area (Å²) in [7, 11) is -5.69. The van der Waals surface area contributed by atoms with Crippen molar-refractivity contribution in [2.75, 3.05) is 11.9 Å². The van der Waals surface area contributed by atoms with Gasteiger partial charge in [0.2, 0.25) is 0 Å². The van der Waals surface area contributed by atoms with E-state index in [1.165, 1.54) is 0 Å². The minimum Gasteiger partial charge on any atom is -0.533 e. The average Bonchev–Trinajstić information content (AvgIpc) is 2.99. The second kappa shape index (κ2) is 9.67. The van der Waals surface area contributed by atoms with Crippen LogP contribution in [0, 0.1) is 18.3 Å². The normalized spacial score (nSPS) is 28.2.